The van der Waals surface area contributed by atoms with E-state index in [1.165, 1.54) is 51.0 Å². The second kappa shape index (κ2) is 6.57. The van der Waals surface area contributed by atoms with Crippen molar-refractivity contribution >= 4 is 5.69 Å². The third-order valence-corrected chi connectivity index (χ3v) is 4.67. The SMILES string of the molecule is Fc1cccc(N2CCCC(NC3CCCCC3)C2)c1. The van der Waals surface area contributed by atoms with E-state index in [1.54, 1.807) is 6.07 Å². The van der Waals surface area contributed by atoms with Crippen molar-refractivity contribution in [1.29, 1.82) is 0 Å². The molecule has 0 aromatic heterocycles. The van der Waals surface area contributed by atoms with Gasteiger partial charge < -0.3 is 10.2 Å². The number of nitrogens with one attached hydrogen (secondary N) is 1. The van der Waals surface area contributed by atoms with Crippen molar-refractivity contribution in [3.8, 4) is 0 Å². The molecule has 0 spiro atoms. The minimum Gasteiger partial charge on any atom is -0.370 e. The lowest BCUT2D eigenvalue weighted by atomic mass is 9.93. The summed E-state index contributed by atoms with van der Waals surface area (Å²) >= 11 is 0. The number of hydrogen-bond donors (Lipinski definition) is 1. The number of halogens is 1. The highest BCUT2D eigenvalue weighted by molar-refractivity contribution is 5.47. The Balaban J connectivity index is 1.58. The van der Waals surface area contributed by atoms with E-state index in [0.29, 0.717) is 12.1 Å². The van der Waals surface area contributed by atoms with Crippen molar-refractivity contribution in [1.82, 2.24) is 5.32 Å². The fourth-order valence-electron chi connectivity index (χ4n) is 3.62. The summed E-state index contributed by atoms with van der Waals surface area (Å²) in [7, 11) is 0. The van der Waals surface area contributed by atoms with Crippen molar-refractivity contribution in [2.45, 2.75) is 57.0 Å². The summed E-state index contributed by atoms with van der Waals surface area (Å²) in [6.45, 7) is 2.06. The second-order valence-corrected chi connectivity index (χ2v) is 6.27. The molecule has 1 aliphatic carbocycles. The van der Waals surface area contributed by atoms with Crippen molar-refractivity contribution in [3.05, 3.63) is 30.1 Å². The first-order valence-corrected chi connectivity index (χ1v) is 8.08. The lowest BCUT2D eigenvalue weighted by molar-refractivity contribution is 0.312. The van der Waals surface area contributed by atoms with E-state index in [2.05, 4.69) is 10.2 Å². The van der Waals surface area contributed by atoms with Gasteiger partial charge in [0.15, 0.2) is 0 Å². The summed E-state index contributed by atoms with van der Waals surface area (Å²) in [6, 6.07) is 8.28. The van der Waals surface area contributed by atoms with Gasteiger partial charge in [-0.1, -0.05) is 25.3 Å². The molecule has 1 unspecified atom stereocenters. The van der Waals surface area contributed by atoms with Crippen LogP contribution in [0.1, 0.15) is 44.9 Å². The largest absolute Gasteiger partial charge is 0.370 e. The standard InChI is InChI=1S/C17H25FN2/c18-14-6-4-10-17(12-14)20-11-5-9-16(13-20)19-15-7-2-1-3-8-15/h4,6,10,12,15-16,19H,1-3,5,7-9,11,13H2. The van der Waals surface area contributed by atoms with Crippen LogP contribution in [0.4, 0.5) is 10.1 Å². The molecule has 2 aliphatic rings. The van der Waals surface area contributed by atoms with Crippen molar-refractivity contribution in [2.24, 2.45) is 0 Å². The van der Waals surface area contributed by atoms with Gasteiger partial charge >= 0.3 is 0 Å². The summed E-state index contributed by atoms with van der Waals surface area (Å²) in [4.78, 5) is 2.33. The number of benzene rings is 1. The summed E-state index contributed by atoms with van der Waals surface area (Å²) in [6.07, 6.45) is 9.25. The Morgan fingerprint density at radius 3 is 2.60 bits per heavy atom. The van der Waals surface area contributed by atoms with Gasteiger partial charge in [0, 0.05) is 30.9 Å². The van der Waals surface area contributed by atoms with Gasteiger partial charge in [0.2, 0.25) is 0 Å². The summed E-state index contributed by atoms with van der Waals surface area (Å²) in [5.41, 5.74) is 1.03. The van der Waals surface area contributed by atoms with Crippen LogP contribution in [0.15, 0.2) is 24.3 Å². The van der Waals surface area contributed by atoms with Gasteiger partial charge in [0.05, 0.1) is 0 Å². The topological polar surface area (TPSA) is 15.3 Å². The lowest BCUT2D eigenvalue weighted by Crippen LogP contribution is -2.49. The molecule has 20 heavy (non-hydrogen) atoms. The molecule has 1 aromatic carbocycles. The quantitative estimate of drug-likeness (QED) is 0.905. The molecule has 1 aromatic rings. The van der Waals surface area contributed by atoms with E-state index in [4.69, 9.17) is 0 Å². The van der Waals surface area contributed by atoms with Crippen LogP contribution in [0.5, 0.6) is 0 Å². The Kier molecular flexibility index (Phi) is 4.56. The first-order chi connectivity index (χ1) is 9.81. The van der Waals surface area contributed by atoms with Crippen LogP contribution >= 0.6 is 0 Å². The molecule has 2 nitrogen and oxygen atoms in total. The van der Waals surface area contributed by atoms with E-state index in [9.17, 15) is 4.39 Å². The third-order valence-electron chi connectivity index (χ3n) is 4.67. The summed E-state index contributed by atoms with van der Waals surface area (Å²) in [5, 5.41) is 3.84. The molecular formula is C17H25FN2. The van der Waals surface area contributed by atoms with Crippen molar-refractivity contribution in [3.63, 3.8) is 0 Å². The fraction of sp³-hybridized carbons (Fsp3) is 0.647. The van der Waals surface area contributed by atoms with Gasteiger partial charge in [-0.25, -0.2) is 4.39 Å². The van der Waals surface area contributed by atoms with Crippen molar-refractivity contribution in [2.75, 3.05) is 18.0 Å². The monoisotopic (exact) mass is 276 g/mol. The van der Waals surface area contributed by atoms with Crippen LogP contribution in [0, 0.1) is 5.82 Å². The maximum absolute atomic E-state index is 13.3. The minimum atomic E-state index is -0.134. The Morgan fingerprint density at radius 1 is 1.00 bits per heavy atom. The van der Waals surface area contributed by atoms with Crippen LogP contribution in [-0.4, -0.2) is 25.2 Å². The normalized spacial score (nSPS) is 24.9. The van der Waals surface area contributed by atoms with Gasteiger partial charge in [-0.05, 0) is 43.9 Å². The summed E-state index contributed by atoms with van der Waals surface area (Å²) in [5.74, 6) is -0.134. The van der Waals surface area contributed by atoms with Crippen LogP contribution < -0.4 is 10.2 Å². The van der Waals surface area contributed by atoms with Crippen LogP contribution in [0.2, 0.25) is 0 Å². The van der Waals surface area contributed by atoms with Gasteiger partial charge in [-0.3, -0.25) is 0 Å². The number of anilines is 1. The fourth-order valence-corrected chi connectivity index (χ4v) is 3.62. The molecule has 1 aliphatic heterocycles. The van der Waals surface area contributed by atoms with Crippen LogP contribution in [-0.2, 0) is 0 Å². The molecule has 1 heterocycles. The van der Waals surface area contributed by atoms with E-state index in [1.807, 2.05) is 12.1 Å². The minimum absolute atomic E-state index is 0.134. The predicted molar refractivity (Wildman–Crippen MR) is 81.6 cm³/mol. The molecule has 1 saturated carbocycles. The summed E-state index contributed by atoms with van der Waals surface area (Å²) < 4.78 is 13.3. The molecule has 3 heteroatoms. The predicted octanol–water partition coefficient (Wildman–Crippen LogP) is 3.72. The first kappa shape index (κ1) is 13.9. The molecule has 0 radical (unpaired) electrons. The molecule has 1 atom stereocenters. The number of rotatable bonds is 3. The molecule has 1 N–H and O–H groups in total. The molecule has 0 amide bonds. The zero-order valence-electron chi connectivity index (χ0n) is 12.2. The maximum Gasteiger partial charge on any atom is 0.125 e. The Morgan fingerprint density at radius 2 is 1.80 bits per heavy atom. The van der Waals surface area contributed by atoms with E-state index in [-0.39, 0.29) is 5.82 Å². The zero-order valence-corrected chi connectivity index (χ0v) is 12.2. The highest BCUT2D eigenvalue weighted by Crippen LogP contribution is 2.23. The van der Waals surface area contributed by atoms with E-state index in [0.717, 1.165) is 18.8 Å². The smallest absolute Gasteiger partial charge is 0.125 e. The Bertz CT molecular complexity index is 429. The molecule has 110 valence electrons. The number of nitrogens with zero attached hydrogens (tertiary/aromatic N) is 1. The molecule has 1 saturated heterocycles. The highest BCUT2D eigenvalue weighted by atomic mass is 19.1. The molecule has 2 fully saturated rings. The third kappa shape index (κ3) is 3.51. The van der Waals surface area contributed by atoms with E-state index < -0.39 is 0 Å². The lowest BCUT2D eigenvalue weighted by Gasteiger charge is -2.37. The van der Waals surface area contributed by atoms with Gasteiger partial charge in [-0.2, -0.15) is 0 Å². The van der Waals surface area contributed by atoms with E-state index >= 15 is 0 Å². The highest BCUT2D eigenvalue weighted by Gasteiger charge is 2.23. The molecular weight excluding hydrogens is 251 g/mol. The average molecular weight is 276 g/mol. The van der Waals surface area contributed by atoms with Gasteiger partial charge in [0.1, 0.15) is 5.82 Å². The van der Waals surface area contributed by atoms with Crippen molar-refractivity contribution < 1.29 is 4.39 Å². The first-order valence-electron chi connectivity index (χ1n) is 8.08. The zero-order chi connectivity index (χ0) is 13.8. The molecule has 0 bridgehead atoms. The number of hydrogen-bond acceptors (Lipinski definition) is 2. The maximum atomic E-state index is 13.3. The van der Waals surface area contributed by atoms with Crippen LogP contribution in [0.25, 0.3) is 0 Å². The molecule has 3 rings (SSSR count). The number of piperidine rings is 1. The second-order valence-electron chi connectivity index (χ2n) is 6.27. The average Bonchev–Trinajstić information content (AvgIpc) is 2.49. The van der Waals surface area contributed by atoms with Gasteiger partial charge in [-0.15, -0.1) is 0 Å². The Hall–Kier alpha value is -1.09. The van der Waals surface area contributed by atoms with Gasteiger partial charge in [0.25, 0.3) is 0 Å². The van der Waals surface area contributed by atoms with Crippen LogP contribution in [0.3, 0.4) is 0 Å². The Labute approximate surface area is 121 Å².